The molecule has 1 atom stereocenters. The Hall–Kier alpha value is -2.28. The fraction of sp³-hybridized carbons (Fsp3) is 0.462. The van der Waals surface area contributed by atoms with Gasteiger partial charge >= 0.3 is 6.09 Å². The van der Waals surface area contributed by atoms with E-state index in [2.05, 4.69) is 17.3 Å². The molecule has 2 amide bonds. The van der Waals surface area contributed by atoms with Gasteiger partial charge in [-0.3, -0.25) is 10.1 Å². The smallest absolute Gasteiger partial charge is 0.412 e. The molecule has 182 valence electrons. The molecule has 6 nitrogen and oxygen atoms in total. The zero-order chi connectivity index (χ0) is 24.1. The van der Waals surface area contributed by atoms with Crippen molar-refractivity contribution in [3.63, 3.8) is 0 Å². The van der Waals surface area contributed by atoms with Crippen LogP contribution in [0.15, 0.2) is 48.5 Å². The number of nitrogens with zero attached hydrogens (tertiary/aromatic N) is 2. The molecule has 2 aliphatic heterocycles. The quantitative estimate of drug-likeness (QED) is 0.554. The van der Waals surface area contributed by atoms with Crippen LogP contribution in [0.25, 0.3) is 0 Å². The Kier molecular flexibility index (Phi) is 8.35. The van der Waals surface area contributed by atoms with E-state index in [0.29, 0.717) is 40.3 Å². The molecule has 2 fully saturated rings. The molecule has 0 saturated carbocycles. The third kappa shape index (κ3) is 6.23. The van der Waals surface area contributed by atoms with Gasteiger partial charge in [-0.25, -0.2) is 4.79 Å². The lowest BCUT2D eigenvalue weighted by atomic mass is 9.79. The minimum absolute atomic E-state index is 0.235. The number of nitrogens with one attached hydrogen (secondary N) is 1. The van der Waals surface area contributed by atoms with E-state index >= 15 is 0 Å². The summed E-state index contributed by atoms with van der Waals surface area (Å²) in [6, 6.07) is 13.7. The van der Waals surface area contributed by atoms with Crippen molar-refractivity contribution in [2.24, 2.45) is 11.8 Å². The molecule has 2 aromatic rings. The molecule has 2 saturated heterocycles. The molecular weight excluding hydrogens is 473 g/mol. The van der Waals surface area contributed by atoms with Crippen molar-refractivity contribution in [2.45, 2.75) is 31.8 Å². The van der Waals surface area contributed by atoms with E-state index in [1.807, 2.05) is 4.90 Å². The third-order valence-electron chi connectivity index (χ3n) is 7.01. The summed E-state index contributed by atoms with van der Waals surface area (Å²) in [7, 11) is 2.18. The number of hydrogen-bond donors (Lipinski definition) is 1. The van der Waals surface area contributed by atoms with Crippen LogP contribution in [-0.4, -0.2) is 55.0 Å². The SMILES string of the molecule is CN1CCC(C2CCN(C(=O)[C@H](OC(=O)Nc3ccc(Cl)cc3)c3ccccc3Cl)CC2)CC1. The van der Waals surface area contributed by atoms with Gasteiger partial charge in [0, 0.05) is 34.4 Å². The molecule has 0 bridgehead atoms. The Morgan fingerprint density at radius 3 is 2.12 bits per heavy atom. The monoisotopic (exact) mass is 503 g/mol. The highest BCUT2D eigenvalue weighted by molar-refractivity contribution is 6.31. The number of ether oxygens (including phenoxy) is 1. The molecule has 0 unspecified atom stereocenters. The lowest BCUT2D eigenvalue weighted by molar-refractivity contribution is -0.142. The van der Waals surface area contributed by atoms with Crippen LogP contribution in [0.5, 0.6) is 0 Å². The molecule has 4 rings (SSSR count). The number of carbonyl (C=O) groups is 2. The molecule has 0 radical (unpaired) electrons. The molecular formula is C26H31Cl2N3O3. The summed E-state index contributed by atoms with van der Waals surface area (Å²) < 4.78 is 5.66. The summed E-state index contributed by atoms with van der Waals surface area (Å²) in [6.45, 7) is 3.63. The zero-order valence-electron chi connectivity index (χ0n) is 19.4. The number of piperidine rings is 2. The molecule has 0 spiro atoms. The van der Waals surface area contributed by atoms with E-state index in [-0.39, 0.29) is 5.91 Å². The van der Waals surface area contributed by atoms with Gasteiger partial charge in [-0.1, -0.05) is 41.4 Å². The maximum atomic E-state index is 13.5. The standard InChI is InChI=1S/C26H31Cl2N3O3/c1-30-14-10-18(11-15-30)19-12-16-31(17-13-19)25(32)24(22-4-2-3-5-23(22)28)34-26(33)29-21-8-6-20(27)7-9-21/h2-9,18-19,24H,10-17H2,1H3,(H,29,33)/t24-/m1/s1. The van der Waals surface area contributed by atoms with Crippen molar-refractivity contribution >= 4 is 40.9 Å². The fourth-order valence-electron chi connectivity index (χ4n) is 4.98. The lowest BCUT2D eigenvalue weighted by Crippen LogP contribution is -2.44. The number of anilines is 1. The summed E-state index contributed by atoms with van der Waals surface area (Å²) in [5.41, 5.74) is 1.01. The van der Waals surface area contributed by atoms with Crippen molar-refractivity contribution in [1.29, 1.82) is 0 Å². The van der Waals surface area contributed by atoms with Crippen LogP contribution < -0.4 is 5.32 Å². The molecule has 8 heteroatoms. The molecule has 0 aliphatic carbocycles. The molecule has 34 heavy (non-hydrogen) atoms. The minimum Gasteiger partial charge on any atom is -0.431 e. The first-order chi connectivity index (χ1) is 16.4. The number of amides is 2. The van der Waals surface area contributed by atoms with Crippen LogP contribution in [0.4, 0.5) is 10.5 Å². The van der Waals surface area contributed by atoms with Gasteiger partial charge in [-0.2, -0.15) is 0 Å². The lowest BCUT2D eigenvalue weighted by Gasteiger charge is -2.40. The van der Waals surface area contributed by atoms with Gasteiger partial charge < -0.3 is 14.5 Å². The van der Waals surface area contributed by atoms with Crippen LogP contribution in [0.3, 0.4) is 0 Å². The number of halogens is 2. The van der Waals surface area contributed by atoms with Crippen LogP contribution in [-0.2, 0) is 9.53 Å². The number of benzene rings is 2. The largest absolute Gasteiger partial charge is 0.431 e. The highest BCUT2D eigenvalue weighted by atomic mass is 35.5. The summed E-state index contributed by atoms with van der Waals surface area (Å²) in [6.07, 6.45) is 2.58. The van der Waals surface area contributed by atoms with Gasteiger partial charge in [0.1, 0.15) is 0 Å². The van der Waals surface area contributed by atoms with Crippen LogP contribution in [0, 0.1) is 11.8 Å². The highest BCUT2D eigenvalue weighted by Crippen LogP contribution is 2.34. The van der Waals surface area contributed by atoms with E-state index < -0.39 is 12.2 Å². The Morgan fingerprint density at radius 1 is 0.912 bits per heavy atom. The van der Waals surface area contributed by atoms with E-state index in [1.54, 1.807) is 48.5 Å². The maximum absolute atomic E-state index is 13.5. The normalized spacial score (nSPS) is 19.0. The average molecular weight is 504 g/mol. The van der Waals surface area contributed by atoms with Crippen molar-refractivity contribution in [2.75, 3.05) is 38.5 Å². The Bertz CT molecular complexity index is 985. The first kappa shape index (κ1) is 24.8. The van der Waals surface area contributed by atoms with Crippen LogP contribution >= 0.6 is 23.2 Å². The van der Waals surface area contributed by atoms with E-state index in [9.17, 15) is 9.59 Å². The van der Waals surface area contributed by atoms with Gasteiger partial charge in [0.15, 0.2) is 0 Å². The molecule has 1 N–H and O–H groups in total. The third-order valence-corrected chi connectivity index (χ3v) is 7.60. The number of hydrogen-bond acceptors (Lipinski definition) is 4. The van der Waals surface area contributed by atoms with Gasteiger partial charge in [-0.15, -0.1) is 0 Å². The summed E-state index contributed by atoms with van der Waals surface area (Å²) >= 11 is 12.3. The first-order valence-corrected chi connectivity index (χ1v) is 12.6. The van der Waals surface area contributed by atoms with Gasteiger partial charge in [-0.05, 0) is 88.0 Å². The number of rotatable bonds is 5. The van der Waals surface area contributed by atoms with Gasteiger partial charge in [0.25, 0.3) is 5.91 Å². The predicted molar refractivity (Wildman–Crippen MR) is 135 cm³/mol. The Balaban J connectivity index is 1.42. The molecule has 2 aromatic carbocycles. The van der Waals surface area contributed by atoms with Crippen molar-refractivity contribution < 1.29 is 14.3 Å². The fourth-order valence-corrected chi connectivity index (χ4v) is 5.34. The predicted octanol–water partition coefficient (Wildman–Crippen LogP) is 5.86. The van der Waals surface area contributed by atoms with Crippen molar-refractivity contribution in [3.8, 4) is 0 Å². The average Bonchev–Trinajstić information content (AvgIpc) is 2.85. The minimum atomic E-state index is -1.11. The second kappa shape index (κ2) is 11.4. The number of likely N-dealkylation sites (tertiary alicyclic amines) is 2. The molecule has 2 aliphatic rings. The Labute approximate surface area is 211 Å². The van der Waals surface area contributed by atoms with Gasteiger partial charge in [0.2, 0.25) is 6.10 Å². The van der Waals surface area contributed by atoms with Crippen LogP contribution in [0.2, 0.25) is 10.0 Å². The topological polar surface area (TPSA) is 61.9 Å². The highest BCUT2D eigenvalue weighted by Gasteiger charge is 2.35. The van der Waals surface area contributed by atoms with Crippen LogP contribution in [0.1, 0.15) is 37.4 Å². The Morgan fingerprint density at radius 2 is 1.50 bits per heavy atom. The summed E-state index contributed by atoms with van der Waals surface area (Å²) in [5, 5.41) is 3.61. The van der Waals surface area contributed by atoms with Gasteiger partial charge in [0.05, 0.1) is 0 Å². The zero-order valence-corrected chi connectivity index (χ0v) is 20.9. The van der Waals surface area contributed by atoms with E-state index in [1.165, 1.54) is 12.8 Å². The second-order valence-corrected chi connectivity index (χ2v) is 10.1. The van der Waals surface area contributed by atoms with E-state index in [0.717, 1.165) is 31.8 Å². The molecule has 0 aromatic heterocycles. The first-order valence-electron chi connectivity index (χ1n) is 11.9. The number of carbonyl (C=O) groups excluding carboxylic acids is 2. The molecule has 2 heterocycles. The summed E-state index contributed by atoms with van der Waals surface area (Å²) in [5.74, 6) is 1.14. The van der Waals surface area contributed by atoms with E-state index in [4.69, 9.17) is 27.9 Å². The summed E-state index contributed by atoms with van der Waals surface area (Å²) in [4.78, 5) is 30.4. The van der Waals surface area contributed by atoms with Crippen molar-refractivity contribution in [3.05, 3.63) is 64.1 Å². The van der Waals surface area contributed by atoms with Crippen molar-refractivity contribution in [1.82, 2.24) is 9.80 Å². The second-order valence-electron chi connectivity index (χ2n) is 9.24. The maximum Gasteiger partial charge on any atom is 0.412 e.